The van der Waals surface area contributed by atoms with Crippen molar-refractivity contribution in [1.29, 1.82) is 0 Å². The first-order chi connectivity index (χ1) is 15.1. The first kappa shape index (κ1) is 20.8. The van der Waals surface area contributed by atoms with Crippen molar-refractivity contribution in [3.8, 4) is 11.3 Å². The van der Waals surface area contributed by atoms with Gasteiger partial charge in [-0.05, 0) is 61.7 Å². The average molecular weight is 415 g/mol. The van der Waals surface area contributed by atoms with Gasteiger partial charge < -0.3 is 15.8 Å². The molecule has 3 aromatic rings. The normalized spacial score (nSPS) is 16.3. The summed E-state index contributed by atoms with van der Waals surface area (Å²) in [6, 6.07) is 18.8. The van der Waals surface area contributed by atoms with E-state index in [1.54, 1.807) is 18.3 Å². The van der Waals surface area contributed by atoms with Gasteiger partial charge in [-0.2, -0.15) is 0 Å². The smallest absolute Gasteiger partial charge is 0.255 e. The van der Waals surface area contributed by atoms with Gasteiger partial charge in [0.1, 0.15) is 5.84 Å². The number of aliphatic imine (C=N–C) groups is 1. The van der Waals surface area contributed by atoms with Gasteiger partial charge in [0.25, 0.3) is 5.91 Å². The molecule has 1 amide bonds. The molecule has 2 heterocycles. The van der Waals surface area contributed by atoms with Crippen LogP contribution in [0.25, 0.3) is 11.3 Å². The second-order valence-corrected chi connectivity index (χ2v) is 7.64. The predicted octanol–water partition coefficient (Wildman–Crippen LogP) is 4.19. The van der Waals surface area contributed by atoms with E-state index in [1.165, 1.54) is 0 Å². The van der Waals surface area contributed by atoms with E-state index in [2.05, 4.69) is 15.3 Å². The number of amidine groups is 1. The van der Waals surface area contributed by atoms with Crippen LogP contribution < -0.4 is 11.1 Å². The first-order valence-corrected chi connectivity index (χ1v) is 10.5. The van der Waals surface area contributed by atoms with Gasteiger partial charge in [-0.1, -0.05) is 24.3 Å². The van der Waals surface area contributed by atoms with Crippen LogP contribution in [0.4, 0.5) is 5.69 Å². The molecular formula is C25H26N4O2. The SMILES string of the molecule is Cc1ccc(NC(=O)c2ccc(C(N)=NCC3CCCO3)cc2)cc1-c1ccccn1. The number of rotatable bonds is 6. The number of aryl methyl sites for hydroxylation is 1. The number of amides is 1. The summed E-state index contributed by atoms with van der Waals surface area (Å²) in [5.41, 5.74) is 11.1. The van der Waals surface area contributed by atoms with Gasteiger partial charge >= 0.3 is 0 Å². The molecule has 31 heavy (non-hydrogen) atoms. The number of hydrogen-bond donors (Lipinski definition) is 2. The zero-order valence-electron chi connectivity index (χ0n) is 17.5. The number of benzene rings is 2. The molecule has 158 valence electrons. The van der Waals surface area contributed by atoms with Crippen LogP contribution >= 0.6 is 0 Å². The molecule has 1 aliphatic heterocycles. The van der Waals surface area contributed by atoms with Crippen LogP contribution in [0.1, 0.15) is 34.3 Å². The molecule has 4 rings (SSSR count). The second kappa shape index (κ2) is 9.53. The van der Waals surface area contributed by atoms with Crippen molar-refractivity contribution in [2.75, 3.05) is 18.5 Å². The average Bonchev–Trinajstić information content (AvgIpc) is 3.33. The third-order valence-electron chi connectivity index (χ3n) is 5.37. The van der Waals surface area contributed by atoms with Crippen LogP contribution in [0.5, 0.6) is 0 Å². The van der Waals surface area contributed by atoms with Gasteiger partial charge in [0, 0.05) is 35.2 Å². The fourth-order valence-electron chi connectivity index (χ4n) is 3.57. The fourth-order valence-corrected chi connectivity index (χ4v) is 3.57. The summed E-state index contributed by atoms with van der Waals surface area (Å²) < 4.78 is 5.57. The molecule has 0 radical (unpaired) electrons. The van der Waals surface area contributed by atoms with Crippen molar-refractivity contribution >= 4 is 17.4 Å². The van der Waals surface area contributed by atoms with E-state index in [0.717, 1.165) is 47.5 Å². The van der Waals surface area contributed by atoms with Gasteiger partial charge in [0.05, 0.1) is 18.3 Å². The van der Waals surface area contributed by atoms with Crippen molar-refractivity contribution in [2.24, 2.45) is 10.7 Å². The molecule has 2 aromatic carbocycles. The Morgan fingerprint density at radius 1 is 1.16 bits per heavy atom. The molecule has 3 N–H and O–H groups in total. The molecule has 0 aliphatic carbocycles. The van der Waals surface area contributed by atoms with Gasteiger partial charge in [-0.25, -0.2) is 0 Å². The number of nitrogens with two attached hydrogens (primary N) is 1. The lowest BCUT2D eigenvalue weighted by molar-refractivity contribution is 0.102. The summed E-state index contributed by atoms with van der Waals surface area (Å²) in [6.07, 6.45) is 4.02. The molecule has 6 nitrogen and oxygen atoms in total. The monoisotopic (exact) mass is 414 g/mol. The highest BCUT2D eigenvalue weighted by molar-refractivity contribution is 6.05. The molecule has 1 atom stereocenters. The Hall–Kier alpha value is -3.51. The van der Waals surface area contributed by atoms with Crippen LogP contribution in [0.15, 0.2) is 71.9 Å². The zero-order chi connectivity index (χ0) is 21.6. The molecule has 1 unspecified atom stereocenters. The highest BCUT2D eigenvalue weighted by atomic mass is 16.5. The van der Waals surface area contributed by atoms with Gasteiger partial charge in [0.15, 0.2) is 0 Å². The van der Waals surface area contributed by atoms with Crippen molar-refractivity contribution in [2.45, 2.75) is 25.9 Å². The Balaban J connectivity index is 1.43. The van der Waals surface area contributed by atoms with E-state index in [4.69, 9.17) is 10.5 Å². The quantitative estimate of drug-likeness (QED) is 0.467. The molecule has 0 saturated carbocycles. The summed E-state index contributed by atoms with van der Waals surface area (Å²) in [5.74, 6) is 0.276. The Kier molecular flexibility index (Phi) is 6.38. The summed E-state index contributed by atoms with van der Waals surface area (Å²) in [4.78, 5) is 21.6. The largest absolute Gasteiger partial charge is 0.384 e. The Morgan fingerprint density at radius 3 is 2.68 bits per heavy atom. The Morgan fingerprint density at radius 2 is 1.97 bits per heavy atom. The van der Waals surface area contributed by atoms with Crippen molar-refractivity contribution in [1.82, 2.24) is 4.98 Å². The molecule has 0 spiro atoms. The molecule has 0 bridgehead atoms. The maximum atomic E-state index is 12.7. The number of ether oxygens (including phenoxy) is 1. The number of hydrogen-bond acceptors (Lipinski definition) is 4. The van der Waals surface area contributed by atoms with E-state index in [1.807, 2.05) is 55.5 Å². The molecule has 1 aliphatic rings. The van der Waals surface area contributed by atoms with Crippen molar-refractivity contribution in [3.63, 3.8) is 0 Å². The third-order valence-corrected chi connectivity index (χ3v) is 5.37. The number of carbonyl (C=O) groups is 1. The Labute approximate surface area is 182 Å². The minimum Gasteiger partial charge on any atom is -0.384 e. The minimum absolute atomic E-state index is 0.161. The van der Waals surface area contributed by atoms with E-state index in [-0.39, 0.29) is 12.0 Å². The van der Waals surface area contributed by atoms with Crippen LogP contribution in [0.2, 0.25) is 0 Å². The number of nitrogens with zero attached hydrogens (tertiary/aromatic N) is 2. The van der Waals surface area contributed by atoms with Crippen molar-refractivity contribution < 1.29 is 9.53 Å². The Bertz CT molecular complexity index is 1070. The van der Waals surface area contributed by atoms with E-state index in [9.17, 15) is 4.79 Å². The standard InChI is InChI=1S/C25H26N4O2/c1-17-7-12-20(15-22(17)23-6-2-3-13-27-23)29-25(30)19-10-8-18(9-11-19)24(26)28-16-21-5-4-14-31-21/h2-3,6-13,15,21H,4-5,14,16H2,1H3,(H2,26,28)(H,29,30). The van der Waals surface area contributed by atoms with Crippen LogP contribution in [0, 0.1) is 6.92 Å². The number of anilines is 1. The van der Waals surface area contributed by atoms with Crippen LogP contribution in [-0.4, -0.2) is 36.0 Å². The summed E-state index contributed by atoms with van der Waals surface area (Å²) in [6.45, 7) is 3.40. The third kappa shape index (κ3) is 5.16. The maximum absolute atomic E-state index is 12.7. The molecule has 1 saturated heterocycles. The van der Waals surface area contributed by atoms with Gasteiger partial charge in [-0.3, -0.25) is 14.8 Å². The van der Waals surface area contributed by atoms with E-state index < -0.39 is 0 Å². The summed E-state index contributed by atoms with van der Waals surface area (Å²) >= 11 is 0. The first-order valence-electron chi connectivity index (χ1n) is 10.5. The molecule has 6 heteroatoms. The maximum Gasteiger partial charge on any atom is 0.255 e. The highest BCUT2D eigenvalue weighted by Gasteiger charge is 2.15. The highest BCUT2D eigenvalue weighted by Crippen LogP contribution is 2.25. The molecule has 1 aromatic heterocycles. The number of carbonyl (C=O) groups excluding carboxylic acids is 1. The lowest BCUT2D eigenvalue weighted by Crippen LogP contribution is -2.18. The number of pyridine rings is 1. The molecule has 1 fully saturated rings. The van der Waals surface area contributed by atoms with E-state index >= 15 is 0 Å². The lowest BCUT2D eigenvalue weighted by atomic mass is 10.0. The second-order valence-electron chi connectivity index (χ2n) is 7.64. The number of nitrogens with one attached hydrogen (secondary N) is 1. The van der Waals surface area contributed by atoms with Gasteiger partial charge in [0.2, 0.25) is 0 Å². The van der Waals surface area contributed by atoms with Crippen LogP contribution in [0.3, 0.4) is 0 Å². The van der Waals surface area contributed by atoms with E-state index in [0.29, 0.717) is 17.9 Å². The lowest BCUT2D eigenvalue weighted by Gasteiger charge is -2.11. The minimum atomic E-state index is -0.183. The molecular weight excluding hydrogens is 388 g/mol. The number of aromatic nitrogens is 1. The summed E-state index contributed by atoms with van der Waals surface area (Å²) in [5, 5.41) is 2.96. The fraction of sp³-hybridized carbons (Fsp3) is 0.240. The van der Waals surface area contributed by atoms with Gasteiger partial charge in [-0.15, -0.1) is 0 Å². The van der Waals surface area contributed by atoms with Crippen molar-refractivity contribution in [3.05, 3.63) is 83.6 Å². The summed E-state index contributed by atoms with van der Waals surface area (Å²) in [7, 11) is 0. The zero-order valence-corrected chi connectivity index (χ0v) is 17.5. The van der Waals surface area contributed by atoms with Crippen LogP contribution in [-0.2, 0) is 4.74 Å². The predicted molar refractivity (Wildman–Crippen MR) is 123 cm³/mol. The topological polar surface area (TPSA) is 89.6 Å².